The van der Waals surface area contributed by atoms with Crippen molar-refractivity contribution in [2.75, 3.05) is 16.0 Å². The van der Waals surface area contributed by atoms with Crippen LogP contribution in [0.15, 0.2) is 47.1 Å². The second-order valence-electron chi connectivity index (χ2n) is 6.93. The van der Waals surface area contributed by atoms with Crippen molar-refractivity contribution in [1.82, 2.24) is 4.98 Å². The Bertz CT molecular complexity index is 1520. The Morgan fingerprint density at radius 1 is 1.21 bits per heavy atom. The normalized spacial score (nSPS) is 11.9. The maximum atomic E-state index is 13.2. The van der Waals surface area contributed by atoms with Gasteiger partial charge in [0.2, 0.25) is 15.9 Å². The first-order valence-electron chi connectivity index (χ1n) is 9.18. The lowest BCUT2D eigenvalue weighted by molar-refractivity contribution is -0.0493. The lowest BCUT2D eigenvalue weighted by Gasteiger charge is -2.30. The number of amides is 1. The van der Waals surface area contributed by atoms with Crippen LogP contribution in [0.2, 0.25) is 10.0 Å². The summed E-state index contributed by atoms with van der Waals surface area (Å²) >= 11 is 12.0. The summed E-state index contributed by atoms with van der Waals surface area (Å²) < 4.78 is 61.5. The number of hydrogen-bond donors (Lipinski definition) is 1. The highest BCUT2D eigenvalue weighted by Gasteiger charge is 2.24. The molecule has 0 fully saturated rings. The van der Waals surface area contributed by atoms with Crippen LogP contribution in [0, 0.1) is 5.21 Å². The number of carbonyl (C=O) groups excluding carboxylic acids is 1. The minimum atomic E-state index is -3.66. The van der Waals surface area contributed by atoms with E-state index >= 15 is 0 Å². The minimum Gasteiger partial charge on any atom is -0.751 e. The van der Waals surface area contributed by atoms with Crippen LogP contribution in [-0.2, 0) is 10.0 Å². The van der Waals surface area contributed by atoms with Crippen LogP contribution in [0.4, 0.5) is 20.2 Å². The molecule has 4 rings (SSSR count). The van der Waals surface area contributed by atoms with E-state index in [9.17, 15) is 27.2 Å². The number of rotatable bonds is 6. The quantitative estimate of drug-likeness (QED) is 0.330. The maximum Gasteiger partial charge on any atom is 0.387 e. The molecule has 178 valence electrons. The summed E-state index contributed by atoms with van der Waals surface area (Å²) in [6.07, 6.45) is 3.17. The number of fused-ring (bicyclic) bond motifs is 3. The van der Waals surface area contributed by atoms with Gasteiger partial charge >= 0.3 is 6.61 Å². The van der Waals surface area contributed by atoms with Gasteiger partial charge in [0, 0.05) is 28.9 Å². The molecule has 0 aliphatic rings. The summed E-state index contributed by atoms with van der Waals surface area (Å²) in [7, 11) is -3.66. The molecule has 0 saturated heterocycles. The number of hydrogen-bond acceptors (Lipinski definition) is 7. The zero-order chi connectivity index (χ0) is 24.8. The standard InChI is InChI=1S/C20H12Cl2F2N3O6S/c1-34(30,31)26-9-2-4-14-11(6-9)16-10(3-5-15(18(16)32-14)33-20(23)24)19(28)27(29)17-12(21)7-25-8-13(17)22/h2-8,20,26H,1H3/q-1. The number of ether oxygens (including phenoxy) is 1. The number of benzene rings is 2. The molecule has 2 aromatic carbocycles. The minimum absolute atomic E-state index is 0.0579. The van der Waals surface area contributed by atoms with Crippen LogP contribution in [0.25, 0.3) is 21.9 Å². The molecule has 0 atom stereocenters. The van der Waals surface area contributed by atoms with Crippen LogP contribution in [0.5, 0.6) is 5.75 Å². The van der Waals surface area contributed by atoms with Crippen LogP contribution < -0.4 is 14.5 Å². The van der Waals surface area contributed by atoms with Crippen molar-refractivity contribution in [1.29, 1.82) is 0 Å². The summed E-state index contributed by atoms with van der Waals surface area (Å²) in [5.41, 5.74) is -0.651. The van der Waals surface area contributed by atoms with Gasteiger partial charge in [-0.2, -0.15) is 8.78 Å². The zero-order valence-electron chi connectivity index (χ0n) is 16.9. The largest absolute Gasteiger partial charge is 0.751 e. The lowest BCUT2D eigenvalue weighted by Crippen LogP contribution is -2.25. The molecule has 14 heteroatoms. The van der Waals surface area contributed by atoms with E-state index in [1.165, 1.54) is 18.2 Å². The van der Waals surface area contributed by atoms with Gasteiger partial charge in [0.05, 0.1) is 27.6 Å². The molecule has 4 aromatic rings. The van der Waals surface area contributed by atoms with E-state index in [1.54, 1.807) is 0 Å². The van der Waals surface area contributed by atoms with Gasteiger partial charge in [-0.05, 0) is 30.3 Å². The fourth-order valence-electron chi connectivity index (χ4n) is 3.31. The zero-order valence-corrected chi connectivity index (χ0v) is 19.2. The SMILES string of the molecule is CS(=O)(=O)Nc1ccc2oc3c(OC(F)F)ccc(C(=O)N([O-])c4c(Cl)cncc4Cl)c3c2c1. The number of aromatic nitrogens is 1. The summed E-state index contributed by atoms with van der Waals surface area (Å²) in [5, 5.41) is 12.6. The number of anilines is 2. The Balaban J connectivity index is 1.96. The molecule has 2 aromatic heterocycles. The number of halogens is 4. The first-order valence-corrected chi connectivity index (χ1v) is 11.8. The molecule has 0 aliphatic carbocycles. The highest BCUT2D eigenvalue weighted by atomic mass is 35.5. The van der Waals surface area contributed by atoms with E-state index in [2.05, 4.69) is 14.4 Å². The molecular weight excluding hydrogens is 519 g/mol. The van der Waals surface area contributed by atoms with Gasteiger partial charge in [-0.25, -0.2) is 8.42 Å². The number of furan rings is 1. The Morgan fingerprint density at radius 3 is 2.50 bits per heavy atom. The number of sulfonamides is 1. The first kappa shape index (κ1) is 24.0. The Labute approximate surface area is 200 Å². The first-order chi connectivity index (χ1) is 16.0. The number of carbonyl (C=O) groups is 1. The number of nitrogens with one attached hydrogen (secondary N) is 1. The third kappa shape index (κ3) is 4.57. The van der Waals surface area contributed by atoms with Crippen molar-refractivity contribution in [3.63, 3.8) is 0 Å². The van der Waals surface area contributed by atoms with Gasteiger partial charge in [0.1, 0.15) is 5.58 Å². The van der Waals surface area contributed by atoms with E-state index in [0.29, 0.717) is 0 Å². The number of pyridine rings is 1. The van der Waals surface area contributed by atoms with Crippen molar-refractivity contribution < 1.29 is 31.1 Å². The average Bonchev–Trinajstić information content (AvgIpc) is 3.11. The predicted octanol–water partition coefficient (Wildman–Crippen LogP) is 5.41. The third-order valence-electron chi connectivity index (χ3n) is 4.55. The molecule has 0 bridgehead atoms. The Morgan fingerprint density at radius 2 is 1.88 bits per heavy atom. The molecule has 0 aliphatic heterocycles. The Kier molecular flexibility index (Phi) is 6.25. The summed E-state index contributed by atoms with van der Waals surface area (Å²) in [6, 6.07) is 6.21. The third-order valence-corrected chi connectivity index (χ3v) is 5.71. The van der Waals surface area contributed by atoms with Gasteiger partial charge in [-0.1, -0.05) is 23.2 Å². The van der Waals surface area contributed by atoms with Crippen molar-refractivity contribution in [3.05, 3.63) is 63.5 Å². The van der Waals surface area contributed by atoms with Gasteiger partial charge < -0.3 is 19.4 Å². The number of alkyl halides is 2. The van der Waals surface area contributed by atoms with Gasteiger partial charge in [-0.15, -0.1) is 0 Å². The molecule has 0 radical (unpaired) electrons. The fourth-order valence-corrected chi connectivity index (χ4v) is 4.38. The summed E-state index contributed by atoms with van der Waals surface area (Å²) in [4.78, 5) is 16.9. The van der Waals surface area contributed by atoms with E-state index in [-0.39, 0.29) is 54.0 Å². The van der Waals surface area contributed by atoms with E-state index in [4.69, 9.17) is 27.6 Å². The Hall–Kier alpha value is -3.19. The van der Waals surface area contributed by atoms with Crippen LogP contribution in [0.3, 0.4) is 0 Å². The molecule has 0 saturated carbocycles. The van der Waals surface area contributed by atoms with Gasteiger partial charge in [0.25, 0.3) is 0 Å². The van der Waals surface area contributed by atoms with Crippen LogP contribution >= 0.6 is 23.2 Å². The molecule has 34 heavy (non-hydrogen) atoms. The monoisotopic (exact) mass is 530 g/mol. The molecular formula is C20H12Cl2F2N3O6S-. The van der Waals surface area contributed by atoms with Gasteiger partial charge in [-0.3, -0.25) is 14.5 Å². The second kappa shape index (κ2) is 8.87. The highest BCUT2D eigenvalue weighted by molar-refractivity contribution is 7.92. The van der Waals surface area contributed by atoms with Crippen molar-refractivity contribution in [3.8, 4) is 5.75 Å². The highest BCUT2D eigenvalue weighted by Crippen LogP contribution is 2.40. The average molecular weight is 531 g/mol. The van der Waals surface area contributed by atoms with Gasteiger partial charge in [0.15, 0.2) is 11.3 Å². The van der Waals surface area contributed by atoms with E-state index in [1.807, 2.05) is 0 Å². The predicted molar refractivity (Wildman–Crippen MR) is 123 cm³/mol. The summed E-state index contributed by atoms with van der Waals surface area (Å²) in [6.45, 7) is -3.20. The topological polar surface area (TPSA) is 125 Å². The number of nitrogens with zero attached hydrogens (tertiary/aromatic N) is 2. The maximum absolute atomic E-state index is 13.2. The lowest BCUT2D eigenvalue weighted by atomic mass is 10.0. The smallest absolute Gasteiger partial charge is 0.387 e. The molecule has 9 nitrogen and oxygen atoms in total. The molecule has 0 spiro atoms. The molecule has 0 unspecified atom stereocenters. The fraction of sp³-hybridized carbons (Fsp3) is 0.100. The van der Waals surface area contributed by atoms with Crippen molar-refractivity contribution in [2.45, 2.75) is 6.61 Å². The van der Waals surface area contributed by atoms with Crippen molar-refractivity contribution >= 4 is 72.4 Å². The second-order valence-corrected chi connectivity index (χ2v) is 9.50. The van der Waals surface area contributed by atoms with E-state index < -0.39 is 28.3 Å². The molecule has 1 amide bonds. The van der Waals surface area contributed by atoms with Crippen LogP contribution in [0.1, 0.15) is 10.4 Å². The summed E-state index contributed by atoms with van der Waals surface area (Å²) in [5.74, 6) is -1.54. The number of hydroxylamine groups is 1. The van der Waals surface area contributed by atoms with Crippen molar-refractivity contribution in [2.24, 2.45) is 0 Å². The van der Waals surface area contributed by atoms with Crippen LogP contribution in [-0.4, -0.2) is 32.2 Å². The molecule has 2 heterocycles. The van der Waals surface area contributed by atoms with E-state index in [0.717, 1.165) is 30.8 Å². The molecule has 1 N–H and O–H groups in total.